The lowest BCUT2D eigenvalue weighted by Gasteiger charge is -2.15. The molecule has 1 aromatic rings. The molecule has 0 bridgehead atoms. The molecule has 0 aromatic heterocycles. The van der Waals surface area contributed by atoms with Gasteiger partial charge in [-0.05, 0) is 57.1 Å². The first-order valence-electron chi connectivity index (χ1n) is 9.29. The quantitative estimate of drug-likeness (QED) is 0.282. The standard InChI is InChI=1S/C20H35N3O.HI/c1-5-7-18(11-13-24)15-23-20(21-6-2)22-12-10-19-9-8-16(3)14-17(19)4;/h8-9,14,18,24H,5-7,10-13,15H2,1-4H3,(H2,21,22,23);1H. The number of aryl methyl sites for hydroxylation is 2. The zero-order valence-electron chi connectivity index (χ0n) is 16.3. The Morgan fingerprint density at radius 3 is 2.52 bits per heavy atom. The first-order chi connectivity index (χ1) is 11.6. The fourth-order valence-electron chi connectivity index (χ4n) is 2.92. The summed E-state index contributed by atoms with van der Waals surface area (Å²) in [7, 11) is 0. The van der Waals surface area contributed by atoms with E-state index in [4.69, 9.17) is 10.1 Å². The monoisotopic (exact) mass is 461 g/mol. The molecule has 0 saturated heterocycles. The van der Waals surface area contributed by atoms with E-state index in [1.807, 2.05) is 0 Å². The van der Waals surface area contributed by atoms with Gasteiger partial charge in [-0.2, -0.15) is 0 Å². The van der Waals surface area contributed by atoms with Crippen LogP contribution in [-0.4, -0.2) is 37.3 Å². The molecule has 1 unspecified atom stereocenters. The summed E-state index contributed by atoms with van der Waals surface area (Å²) in [5.74, 6) is 1.34. The van der Waals surface area contributed by atoms with Crippen LogP contribution in [0.5, 0.6) is 0 Å². The molecule has 0 fully saturated rings. The van der Waals surface area contributed by atoms with E-state index in [1.165, 1.54) is 16.7 Å². The molecular weight excluding hydrogens is 425 g/mol. The topological polar surface area (TPSA) is 56.7 Å². The van der Waals surface area contributed by atoms with Crippen molar-refractivity contribution in [2.45, 2.75) is 53.4 Å². The van der Waals surface area contributed by atoms with Crippen molar-refractivity contribution < 1.29 is 5.11 Å². The van der Waals surface area contributed by atoms with Crippen LogP contribution in [0, 0.1) is 19.8 Å². The third-order valence-corrected chi connectivity index (χ3v) is 4.27. The van der Waals surface area contributed by atoms with Crippen LogP contribution in [-0.2, 0) is 6.42 Å². The third-order valence-electron chi connectivity index (χ3n) is 4.27. The number of aliphatic hydroxyl groups is 1. The first kappa shape index (κ1) is 24.2. The highest BCUT2D eigenvalue weighted by molar-refractivity contribution is 14.0. The van der Waals surface area contributed by atoms with Gasteiger partial charge in [0.1, 0.15) is 0 Å². The van der Waals surface area contributed by atoms with E-state index in [2.05, 4.69) is 56.5 Å². The van der Waals surface area contributed by atoms with Crippen LogP contribution in [0.3, 0.4) is 0 Å². The molecule has 0 heterocycles. The predicted molar refractivity (Wildman–Crippen MR) is 119 cm³/mol. The smallest absolute Gasteiger partial charge is 0.191 e. The van der Waals surface area contributed by atoms with Gasteiger partial charge in [0.2, 0.25) is 0 Å². The number of benzene rings is 1. The van der Waals surface area contributed by atoms with Crippen molar-refractivity contribution in [1.82, 2.24) is 10.6 Å². The maximum atomic E-state index is 9.17. The Morgan fingerprint density at radius 2 is 1.92 bits per heavy atom. The van der Waals surface area contributed by atoms with Crippen molar-refractivity contribution in [3.8, 4) is 0 Å². The molecule has 0 radical (unpaired) electrons. The second kappa shape index (κ2) is 14.4. The van der Waals surface area contributed by atoms with Crippen LogP contribution in [0.2, 0.25) is 0 Å². The normalized spacial score (nSPS) is 12.4. The average Bonchev–Trinajstić information content (AvgIpc) is 2.54. The molecule has 25 heavy (non-hydrogen) atoms. The minimum atomic E-state index is 0. The van der Waals surface area contributed by atoms with Crippen LogP contribution in [0.1, 0.15) is 49.8 Å². The fourth-order valence-corrected chi connectivity index (χ4v) is 2.92. The van der Waals surface area contributed by atoms with E-state index in [0.717, 1.165) is 51.3 Å². The van der Waals surface area contributed by atoms with Crippen molar-refractivity contribution in [2.75, 3.05) is 26.2 Å². The average molecular weight is 461 g/mol. The molecule has 0 amide bonds. The van der Waals surface area contributed by atoms with Crippen LogP contribution >= 0.6 is 24.0 Å². The zero-order chi connectivity index (χ0) is 17.8. The van der Waals surface area contributed by atoms with Crippen molar-refractivity contribution in [3.63, 3.8) is 0 Å². The number of guanidine groups is 1. The largest absolute Gasteiger partial charge is 0.396 e. The van der Waals surface area contributed by atoms with Crippen LogP contribution < -0.4 is 10.6 Å². The Balaban J connectivity index is 0.00000576. The lowest BCUT2D eigenvalue weighted by Crippen LogP contribution is -2.38. The van der Waals surface area contributed by atoms with Crippen molar-refractivity contribution in [1.29, 1.82) is 0 Å². The van der Waals surface area contributed by atoms with Gasteiger partial charge in [0.25, 0.3) is 0 Å². The second-order valence-electron chi connectivity index (χ2n) is 6.49. The summed E-state index contributed by atoms with van der Waals surface area (Å²) < 4.78 is 0. The first-order valence-corrected chi connectivity index (χ1v) is 9.29. The van der Waals surface area contributed by atoms with Gasteiger partial charge in [-0.15, -0.1) is 24.0 Å². The summed E-state index contributed by atoms with van der Waals surface area (Å²) in [6.45, 7) is 11.3. The Hall–Kier alpha value is -0.820. The number of hydrogen-bond donors (Lipinski definition) is 3. The molecule has 0 aliphatic rings. The second-order valence-corrected chi connectivity index (χ2v) is 6.49. The minimum absolute atomic E-state index is 0. The molecule has 5 heteroatoms. The molecule has 0 spiro atoms. The number of nitrogens with one attached hydrogen (secondary N) is 2. The van der Waals surface area contributed by atoms with Gasteiger partial charge in [0.15, 0.2) is 5.96 Å². The highest BCUT2D eigenvalue weighted by atomic mass is 127. The van der Waals surface area contributed by atoms with Gasteiger partial charge in [-0.25, -0.2) is 0 Å². The van der Waals surface area contributed by atoms with E-state index in [1.54, 1.807) is 0 Å². The molecule has 0 aliphatic heterocycles. The van der Waals surface area contributed by atoms with Crippen molar-refractivity contribution >= 4 is 29.9 Å². The lowest BCUT2D eigenvalue weighted by molar-refractivity contribution is 0.253. The molecule has 4 nitrogen and oxygen atoms in total. The number of rotatable bonds is 10. The predicted octanol–water partition coefficient (Wildman–Crippen LogP) is 3.82. The number of hydrogen-bond acceptors (Lipinski definition) is 2. The van der Waals surface area contributed by atoms with Crippen molar-refractivity contribution in [2.24, 2.45) is 10.9 Å². The Labute approximate surface area is 170 Å². The number of aliphatic imine (C=N–C) groups is 1. The number of halogens is 1. The van der Waals surface area contributed by atoms with Crippen LogP contribution in [0.25, 0.3) is 0 Å². The van der Waals surface area contributed by atoms with E-state index < -0.39 is 0 Å². The third kappa shape index (κ3) is 10.0. The zero-order valence-corrected chi connectivity index (χ0v) is 18.6. The summed E-state index contributed by atoms with van der Waals surface area (Å²) in [5, 5.41) is 15.9. The maximum Gasteiger partial charge on any atom is 0.191 e. The van der Waals surface area contributed by atoms with Crippen LogP contribution in [0.15, 0.2) is 23.2 Å². The highest BCUT2D eigenvalue weighted by Crippen LogP contribution is 2.12. The summed E-state index contributed by atoms with van der Waals surface area (Å²) in [5.41, 5.74) is 4.04. The molecular formula is C20H36IN3O. The molecule has 144 valence electrons. The summed E-state index contributed by atoms with van der Waals surface area (Å²) in [6, 6.07) is 6.62. The van der Waals surface area contributed by atoms with Gasteiger partial charge in [0, 0.05) is 26.2 Å². The van der Waals surface area contributed by atoms with Gasteiger partial charge >= 0.3 is 0 Å². The molecule has 0 saturated carbocycles. The fraction of sp³-hybridized carbons (Fsp3) is 0.650. The summed E-state index contributed by atoms with van der Waals surface area (Å²) in [4.78, 5) is 4.70. The Bertz CT molecular complexity index is 500. The van der Waals surface area contributed by atoms with Gasteiger partial charge in [0.05, 0.1) is 0 Å². The van der Waals surface area contributed by atoms with Gasteiger partial charge < -0.3 is 15.7 Å². The number of nitrogens with zero attached hydrogens (tertiary/aromatic N) is 1. The van der Waals surface area contributed by atoms with Crippen LogP contribution in [0.4, 0.5) is 0 Å². The summed E-state index contributed by atoms with van der Waals surface area (Å²) >= 11 is 0. The molecule has 1 atom stereocenters. The molecule has 1 aromatic carbocycles. The lowest BCUT2D eigenvalue weighted by atomic mass is 10.0. The maximum absolute atomic E-state index is 9.17. The molecule has 1 rings (SSSR count). The SMILES string of the molecule is CCCC(CCO)CN=C(NCC)NCCc1ccc(C)cc1C.I. The Morgan fingerprint density at radius 1 is 1.16 bits per heavy atom. The van der Waals surface area contributed by atoms with E-state index >= 15 is 0 Å². The van der Waals surface area contributed by atoms with Gasteiger partial charge in [-0.3, -0.25) is 4.99 Å². The van der Waals surface area contributed by atoms with Crippen molar-refractivity contribution in [3.05, 3.63) is 34.9 Å². The highest BCUT2D eigenvalue weighted by Gasteiger charge is 2.07. The van der Waals surface area contributed by atoms with Gasteiger partial charge in [-0.1, -0.05) is 37.1 Å². The minimum Gasteiger partial charge on any atom is -0.396 e. The molecule has 3 N–H and O–H groups in total. The number of aliphatic hydroxyl groups excluding tert-OH is 1. The molecule has 0 aliphatic carbocycles. The Kier molecular flexibility index (Phi) is 13.9. The van der Waals surface area contributed by atoms with E-state index in [0.29, 0.717) is 5.92 Å². The van der Waals surface area contributed by atoms with E-state index in [9.17, 15) is 0 Å². The van der Waals surface area contributed by atoms with E-state index in [-0.39, 0.29) is 30.6 Å². The summed E-state index contributed by atoms with van der Waals surface area (Å²) in [6.07, 6.45) is 4.08.